The zero-order valence-electron chi connectivity index (χ0n) is 16.7. The van der Waals surface area contributed by atoms with Crippen molar-refractivity contribution in [3.8, 4) is 0 Å². The summed E-state index contributed by atoms with van der Waals surface area (Å²) >= 11 is 0. The lowest BCUT2D eigenvalue weighted by molar-refractivity contribution is -0.385. The highest BCUT2D eigenvalue weighted by atomic mass is 19.4. The molecule has 1 aliphatic rings. The summed E-state index contributed by atoms with van der Waals surface area (Å²) in [6.45, 7) is 4.07. The number of benzene rings is 2. The summed E-state index contributed by atoms with van der Waals surface area (Å²) in [6.07, 6.45) is -2.40. The molecule has 160 valence electrons. The van der Waals surface area contributed by atoms with Crippen molar-refractivity contribution in [3.63, 3.8) is 0 Å². The Morgan fingerprint density at radius 3 is 2.58 bits per heavy atom. The highest BCUT2D eigenvalue weighted by molar-refractivity contribution is 5.85. The fourth-order valence-corrected chi connectivity index (χ4v) is 3.83. The maximum Gasteiger partial charge on any atom is 0.416 e. The van der Waals surface area contributed by atoms with Crippen LogP contribution in [0.25, 0.3) is 22.6 Å². The minimum absolute atomic E-state index is 0.000951. The molecular weight excluding hydrogens is 411 g/mol. The van der Waals surface area contributed by atoms with E-state index in [4.69, 9.17) is 0 Å². The number of hydrogen-bond acceptors (Lipinski definition) is 4. The van der Waals surface area contributed by atoms with Crippen LogP contribution >= 0.6 is 0 Å². The third-order valence-electron chi connectivity index (χ3n) is 5.39. The van der Waals surface area contributed by atoms with Crippen LogP contribution in [0.3, 0.4) is 0 Å². The van der Waals surface area contributed by atoms with Gasteiger partial charge in [0.25, 0.3) is 11.2 Å². The second-order valence-corrected chi connectivity index (χ2v) is 7.77. The number of nitro benzene ring substituents is 1. The van der Waals surface area contributed by atoms with E-state index in [9.17, 15) is 28.1 Å². The molecule has 1 aromatic heterocycles. The molecule has 0 bridgehead atoms. The molecule has 0 fully saturated rings. The molecular formula is C22H18F3N3O3. The molecule has 0 atom stereocenters. The van der Waals surface area contributed by atoms with E-state index in [0.717, 1.165) is 18.2 Å². The van der Waals surface area contributed by atoms with E-state index in [-0.39, 0.29) is 28.3 Å². The number of allylic oxidation sites excluding steroid dienone is 1. The van der Waals surface area contributed by atoms with E-state index in [1.807, 2.05) is 13.8 Å². The largest absolute Gasteiger partial charge is 0.416 e. The fourth-order valence-electron chi connectivity index (χ4n) is 3.83. The monoisotopic (exact) mass is 429 g/mol. The van der Waals surface area contributed by atoms with Gasteiger partial charge in [-0.2, -0.15) is 13.2 Å². The lowest BCUT2D eigenvalue weighted by Crippen LogP contribution is -2.21. The molecule has 0 aliphatic carbocycles. The first-order valence-corrected chi connectivity index (χ1v) is 9.67. The quantitative estimate of drug-likeness (QED) is 0.413. The first kappa shape index (κ1) is 20.8. The van der Waals surface area contributed by atoms with E-state index in [0.29, 0.717) is 29.7 Å². The molecule has 3 aromatic rings. The lowest BCUT2D eigenvalue weighted by atomic mass is 9.98. The minimum Gasteiger partial charge on any atom is -0.292 e. The van der Waals surface area contributed by atoms with Gasteiger partial charge >= 0.3 is 6.18 Å². The van der Waals surface area contributed by atoms with Crippen LogP contribution < -0.4 is 5.56 Å². The summed E-state index contributed by atoms with van der Waals surface area (Å²) in [7, 11) is 0. The van der Waals surface area contributed by atoms with Crippen LogP contribution in [0.4, 0.5) is 18.9 Å². The molecule has 6 nitrogen and oxygen atoms in total. The van der Waals surface area contributed by atoms with Crippen LogP contribution in [0.1, 0.15) is 48.7 Å². The summed E-state index contributed by atoms with van der Waals surface area (Å²) in [5.74, 6) is 0.260. The lowest BCUT2D eigenvalue weighted by Gasteiger charge is -2.10. The van der Waals surface area contributed by atoms with Crippen LogP contribution in [0, 0.1) is 10.1 Å². The fraction of sp³-hybridized carbons (Fsp3) is 0.273. The Bertz CT molecular complexity index is 1310. The molecule has 0 saturated carbocycles. The van der Waals surface area contributed by atoms with Gasteiger partial charge in [0.2, 0.25) is 0 Å². The second kappa shape index (κ2) is 7.33. The Balaban J connectivity index is 1.84. The van der Waals surface area contributed by atoms with Gasteiger partial charge in [-0.05, 0) is 47.8 Å². The van der Waals surface area contributed by atoms with E-state index in [1.165, 1.54) is 10.6 Å². The molecule has 0 N–H and O–H groups in total. The Kier molecular flexibility index (Phi) is 4.91. The Morgan fingerprint density at radius 2 is 1.94 bits per heavy atom. The van der Waals surface area contributed by atoms with Gasteiger partial charge in [-0.15, -0.1) is 0 Å². The van der Waals surface area contributed by atoms with Gasteiger partial charge in [0.1, 0.15) is 5.82 Å². The second-order valence-electron chi connectivity index (χ2n) is 7.77. The van der Waals surface area contributed by atoms with E-state index >= 15 is 0 Å². The van der Waals surface area contributed by atoms with Crippen molar-refractivity contribution in [2.45, 2.75) is 38.9 Å². The number of fused-ring (bicyclic) bond motifs is 2. The zero-order valence-corrected chi connectivity index (χ0v) is 16.7. The number of hydrogen-bond donors (Lipinski definition) is 0. The molecule has 4 rings (SSSR count). The normalized spacial score (nSPS) is 15.1. The number of halogens is 3. The Labute approximate surface area is 174 Å². The molecule has 2 aromatic carbocycles. The van der Waals surface area contributed by atoms with Crippen LogP contribution in [0.15, 0.2) is 41.2 Å². The van der Waals surface area contributed by atoms with Gasteiger partial charge < -0.3 is 0 Å². The standard InChI is InChI=1S/C22H18F3N3O3/c1-12(2)16-5-3-13(10-19(16)28(30)31)9-14-7-8-27-20(14)26-18-11-15(22(23,24)25)4-6-17(18)21(27)29/h3-6,9-12H,7-8H2,1-2H3/b14-9+. The molecule has 2 heterocycles. The molecule has 1 aliphatic heterocycles. The number of alkyl halides is 3. The molecule has 31 heavy (non-hydrogen) atoms. The topological polar surface area (TPSA) is 78.0 Å². The number of aromatic nitrogens is 2. The van der Waals surface area contributed by atoms with E-state index in [1.54, 1.807) is 18.2 Å². The summed E-state index contributed by atoms with van der Waals surface area (Å²) in [4.78, 5) is 28.1. The van der Waals surface area contributed by atoms with Gasteiger partial charge in [0.15, 0.2) is 0 Å². The maximum atomic E-state index is 13.1. The first-order valence-electron chi connectivity index (χ1n) is 9.67. The van der Waals surface area contributed by atoms with Crippen molar-refractivity contribution in [3.05, 3.63) is 79.4 Å². The average Bonchev–Trinajstić information content (AvgIpc) is 3.09. The maximum absolute atomic E-state index is 13.1. The van der Waals surface area contributed by atoms with Crippen molar-refractivity contribution in [1.29, 1.82) is 0 Å². The predicted octanol–water partition coefficient (Wildman–Crippen LogP) is 5.39. The van der Waals surface area contributed by atoms with Crippen LogP contribution in [-0.4, -0.2) is 14.5 Å². The molecule has 0 saturated heterocycles. The van der Waals surface area contributed by atoms with Crippen LogP contribution in [0.2, 0.25) is 0 Å². The molecule has 0 radical (unpaired) electrons. The van der Waals surface area contributed by atoms with Crippen LogP contribution in [0.5, 0.6) is 0 Å². The predicted molar refractivity (Wildman–Crippen MR) is 111 cm³/mol. The average molecular weight is 429 g/mol. The minimum atomic E-state index is -4.54. The Morgan fingerprint density at radius 1 is 1.19 bits per heavy atom. The van der Waals surface area contributed by atoms with Gasteiger partial charge in [-0.25, -0.2) is 4.98 Å². The van der Waals surface area contributed by atoms with Gasteiger partial charge in [0, 0.05) is 18.2 Å². The number of nitrogens with zero attached hydrogens (tertiary/aromatic N) is 3. The Hall–Kier alpha value is -3.49. The number of nitro groups is 1. The number of rotatable bonds is 3. The zero-order chi connectivity index (χ0) is 22.5. The van der Waals surface area contributed by atoms with Crippen molar-refractivity contribution in [1.82, 2.24) is 9.55 Å². The first-order chi connectivity index (χ1) is 14.6. The molecule has 0 amide bonds. The third kappa shape index (κ3) is 3.71. The molecule has 9 heteroatoms. The van der Waals surface area contributed by atoms with Crippen LogP contribution in [-0.2, 0) is 12.7 Å². The molecule has 0 spiro atoms. The van der Waals surface area contributed by atoms with Crippen molar-refractivity contribution in [2.24, 2.45) is 0 Å². The SMILES string of the molecule is CC(C)c1ccc(/C=C2\CCn3c2nc2cc(C(F)(F)F)ccc2c3=O)cc1[N+](=O)[O-]. The smallest absolute Gasteiger partial charge is 0.292 e. The summed E-state index contributed by atoms with van der Waals surface area (Å²) < 4.78 is 40.6. The molecule has 0 unspecified atom stereocenters. The van der Waals surface area contributed by atoms with Crippen molar-refractivity contribution >= 4 is 28.2 Å². The summed E-state index contributed by atoms with van der Waals surface area (Å²) in [6, 6.07) is 7.80. The van der Waals surface area contributed by atoms with Gasteiger partial charge in [-0.1, -0.05) is 26.0 Å². The third-order valence-corrected chi connectivity index (χ3v) is 5.39. The van der Waals surface area contributed by atoms with Crippen molar-refractivity contribution < 1.29 is 18.1 Å². The van der Waals surface area contributed by atoms with Gasteiger partial charge in [-0.3, -0.25) is 19.5 Å². The van der Waals surface area contributed by atoms with E-state index in [2.05, 4.69) is 4.98 Å². The summed E-state index contributed by atoms with van der Waals surface area (Å²) in [5, 5.41) is 11.6. The highest BCUT2D eigenvalue weighted by Crippen LogP contribution is 2.33. The van der Waals surface area contributed by atoms with Gasteiger partial charge in [0.05, 0.1) is 21.4 Å². The summed E-state index contributed by atoms with van der Waals surface area (Å²) in [5.41, 5.74) is 0.513. The van der Waals surface area contributed by atoms with E-state index < -0.39 is 22.2 Å². The highest BCUT2D eigenvalue weighted by Gasteiger charge is 2.31. The van der Waals surface area contributed by atoms with Crippen molar-refractivity contribution in [2.75, 3.05) is 0 Å².